The molecule has 0 aromatic carbocycles. The van der Waals surface area contributed by atoms with E-state index < -0.39 is 0 Å². The van der Waals surface area contributed by atoms with E-state index in [0.717, 1.165) is 101 Å². The van der Waals surface area contributed by atoms with Crippen LogP contribution in [0.15, 0.2) is 97.6 Å². The number of nitrogens with zero attached hydrogens (tertiary/aromatic N) is 8. The van der Waals surface area contributed by atoms with Crippen molar-refractivity contribution in [3.05, 3.63) is 120 Å². The first-order valence-corrected chi connectivity index (χ1v) is 14.3. The molecule has 4 aromatic heterocycles. The summed E-state index contributed by atoms with van der Waals surface area (Å²) in [6, 6.07) is 24.8. The monoisotopic (exact) mass is 536 g/mol. The van der Waals surface area contributed by atoms with E-state index in [0.29, 0.717) is 0 Å². The molecule has 8 nitrogen and oxygen atoms in total. The lowest BCUT2D eigenvalue weighted by Gasteiger charge is -2.35. The Balaban J connectivity index is 1.36. The van der Waals surface area contributed by atoms with Gasteiger partial charge in [0, 0.05) is 77.1 Å². The van der Waals surface area contributed by atoms with Crippen LogP contribution in [0, 0.1) is 0 Å². The molecule has 208 valence electrons. The van der Waals surface area contributed by atoms with Gasteiger partial charge in [0.2, 0.25) is 0 Å². The summed E-state index contributed by atoms with van der Waals surface area (Å²) in [5.41, 5.74) is 4.43. The highest BCUT2D eigenvalue weighted by atomic mass is 15.3. The van der Waals surface area contributed by atoms with Crippen molar-refractivity contribution in [3.63, 3.8) is 0 Å². The largest absolute Gasteiger partial charge is 0.296 e. The zero-order chi connectivity index (χ0) is 27.2. The van der Waals surface area contributed by atoms with Crippen molar-refractivity contribution >= 4 is 0 Å². The number of hydrogen-bond donors (Lipinski definition) is 0. The lowest BCUT2D eigenvalue weighted by Crippen LogP contribution is -2.45. The van der Waals surface area contributed by atoms with Crippen LogP contribution in [0.2, 0.25) is 0 Å². The molecule has 0 radical (unpaired) electrons. The zero-order valence-corrected chi connectivity index (χ0v) is 23.3. The van der Waals surface area contributed by atoms with Crippen molar-refractivity contribution in [2.24, 2.45) is 0 Å². The van der Waals surface area contributed by atoms with Gasteiger partial charge in [0.25, 0.3) is 0 Å². The van der Waals surface area contributed by atoms with Crippen LogP contribution in [0.3, 0.4) is 0 Å². The number of rotatable bonds is 8. The number of pyridine rings is 4. The first-order chi connectivity index (χ1) is 19.8. The fourth-order valence-corrected chi connectivity index (χ4v) is 5.19. The highest BCUT2D eigenvalue weighted by molar-refractivity contribution is 5.06. The van der Waals surface area contributed by atoms with Crippen molar-refractivity contribution in [1.82, 2.24) is 39.5 Å². The second-order valence-electron chi connectivity index (χ2n) is 10.4. The van der Waals surface area contributed by atoms with Gasteiger partial charge in [-0.1, -0.05) is 24.3 Å². The molecule has 0 atom stereocenters. The summed E-state index contributed by atoms with van der Waals surface area (Å²) in [5, 5.41) is 0. The van der Waals surface area contributed by atoms with Gasteiger partial charge in [-0.15, -0.1) is 0 Å². The van der Waals surface area contributed by atoms with Gasteiger partial charge in [-0.2, -0.15) is 0 Å². The molecule has 5 heterocycles. The molecule has 8 heteroatoms. The third-order valence-corrected chi connectivity index (χ3v) is 7.26. The second kappa shape index (κ2) is 15.3. The first-order valence-electron chi connectivity index (χ1n) is 14.3. The van der Waals surface area contributed by atoms with Crippen molar-refractivity contribution in [3.8, 4) is 0 Å². The van der Waals surface area contributed by atoms with E-state index in [-0.39, 0.29) is 0 Å². The van der Waals surface area contributed by atoms with Crippen LogP contribution < -0.4 is 0 Å². The topological polar surface area (TPSA) is 64.5 Å². The summed E-state index contributed by atoms with van der Waals surface area (Å²) in [6.07, 6.45) is 8.66. The average molecular weight is 537 g/mol. The molecule has 0 aliphatic carbocycles. The Bertz CT molecular complexity index is 1130. The van der Waals surface area contributed by atoms with E-state index in [1.165, 1.54) is 0 Å². The number of aromatic nitrogens is 4. The Labute approximate surface area is 238 Å². The van der Waals surface area contributed by atoms with Gasteiger partial charge < -0.3 is 0 Å². The maximum atomic E-state index is 4.65. The van der Waals surface area contributed by atoms with E-state index in [1.807, 2.05) is 49.1 Å². The van der Waals surface area contributed by atoms with Crippen LogP contribution >= 0.6 is 0 Å². The molecule has 5 rings (SSSR count). The van der Waals surface area contributed by atoms with Crippen LogP contribution in [0.4, 0.5) is 0 Å². The molecule has 1 saturated heterocycles. The maximum absolute atomic E-state index is 4.65. The van der Waals surface area contributed by atoms with E-state index in [9.17, 15) is 0 Å². The Morgan fingerprint density at radius 3 is 1.05 bits per heavy atom. The molecular weight excluding hydrogens is 496 g/mol. The molecule has 0 bridgehead atoms. The Hall–Kier alpha value is -3.56. The fraction of sp³-hybridized carbons (Fsp3) is 0.375. The van der Waals surface area contributed by atoms with E-state index in [1.54, 1.807) is 0 Å². The Morgan fingerprint density at radius 1 is 0.400 bits per heavy atom. The second-order valence-corrected chi connectivity index (χ2v) is 10.4. The van der Waals surface area contributed by atoms with Crippen LogP contribution in [0.25, 0.3) is 0 Å². The fourth-order valence-electron chi connectivity index (χ4n) is 5.19. The quantitative estimate of drug-likeness (QED) is 0.336. The normalized spacial score (nSPS) is 17.2. The summed E-state index contributed by atoms with van der Waals surface area (Å²) < 4.78 is 0. The third-order valence-electron chi connectivity index (χ3n) is 7.26. The summed E-state index contributed by atoms with van der Waals surface area (Å²) >= 11 is 0. The van der Waals surface area contributed by atoms with Gasteiger partial charge in [0.15, 0.2) is 0 Å². The minimum absolute atomic E-state index is 0.814. The van der Waals surface area contributed by atoms with Gasteiger partial charge in [-0.3, -0.25) is 39.5 Å². The molecule has 0 saturated carbocycles. The molecule has 0 amide bonds. The molecule has 4 aromatic rings. The van der Waals surface area contributed by atoms with Gasteiger partial charge >= 0.3 is 0 Å². The Morgan fingerprint density at radius 2 is 0.725 bits per heavy atom. The molecule has 1 fully saturated rings. The van der Waals surface area contributed by atoms with E-state index in [4.69, 9.17) is 0 Å². The lowest BCUT2D eigenvalue weighted by atomic mass is 10.2. The third kappa shape index (κ3) is 9.27. The minimum atomic E-state index is 0.814. The van der Waals surface area contributed by atoms with Crippen LogP contribution in [0.1, 0.15) is 29.2 Å². The lowest BCUT2D eigenvalue weighted by molar-refractivity contribution is 0.0814. The van der Waals surface area contributed by atoms with E-state index in [2.05, 4.69) is 88.1 Å². The molecular formula is C32H40N8. The van der Waals surface area contributed by atoms with Crippen molar-refractivity contribution < 1.29 is 0 Å². The smallest absolute Gasteiger partial charge is 0.0544 e. The van der Waals surface area contributed by atoms with Gasteiger partial charge in [-0.25, -0.2) is 0 Å². The maximum Gasteiger partial charge on any atom is 0.0544 e. The van der Waals surface area contributed by atoms with E-state index >= 15 is 0 Å². The minimum Gasteiger partial charge on any atom is -0.296 e. The molecule has 0 unspecified atom stereocenters. The summed E-state index contributed by atoms with van der Waals surface area (Å²) in [5.74, 6) is 0. The van der Waals surface area contributed by atoms with Gasteiger partial charge in [0.05, 0.1) is 29.4 Å². The van der Waals surface area contributed by atoms with Crippen LogP contribution in [-0.4, -0.2) is 85.5 Å². The van der Waals surface area contributed by atoms with Crippen LogP contribution in [-0.2, 0) is 26.2 Å². The van der Waals surface area contributed by atoms with Gasteiger partial charge in [0.1, 0.15) is 0 Å². The standard InChI is InChI=1S/C32H40N8/c1-5-14-33-29(10-1)24-37-18-9-19-38(25-30-11-2-6-15-34-30)21-23-40(27-32-13-4-8-17-36-32)28-39(22-20-37)26-31-12-3-7-16-35-31/h1-8,10-17H,9,18-28H2. The molecule has 1 aliphatic rings. The molecule has 1 aliphatic heterocycles. The predicted molar refractivity (Wildman–Crippen MR) is 158 cm³/mol. The van der Waals surface area contributed by atoms with Crippen molar-refractivity contribution in [2.45, 2.75) is 32.6 Å². The van der Waals surface area contributed by atoms with Crippen molar-refractivity contribution in [1.29, 1.82) is 0 Å². The SMILES string of the molecule is c1ccc(CN2CCCN(Cc3ccccn3)CCN(Cc3ccccn3)CN(Cc3ccccn3)CC2)nc1. The molecule has 40 heavy (non-hydrogen) atoms. The zero-order valence-electron chi connectivity index (χ0n) is 23.3. The number of hydrogen-bond acceptors (Lipinski definition) is 8. The highest BCUT2D eigenvalue weighted by Crippen LogP contribution is 2.12. The predicted octanol–water partition coefficient (Wildman–Crippen LogP) is 3.94. The Kier molecular flexibility index (Phi) is 10.7. The highest BCUT2D eigenvalue weighted by Gasteiger charge is 2.19. The average Bonchev–Trinajstić information content (AvgIpc) is 2.99. The van der Waals surface area contributed by atoms with Gasteiger partial charge in [-0.05, 0) is 68.0 Å². The summed E-state index contributed by atoms with van der Waals surface area (Å²) in [6.45, 7) is 10.1. The molecule has 0 N–H and O–H groups in total. The van der Waals surface area contributed by atoms with Crippen molar-refractivity contribution in [2.75, 3.05) is 45.9 Å². The molecule has 0 spiro atoms. The summed E-state index contributed by atoms with van der Waals surface area (Å²) in [7, 11) is 0. The first kappa shape index (κ1) is 28.0. The van der Waals surface area contributed by atoms with Crippen LogP contribution in [0.5, 0.6) is 0 Å². The summed E-state index contributed by atoms with van der Waals surface area (Å²) in [4.78, 5) is 28.7.